The predicted molar refractivity (Wildman–Crippen MR) is 111 cm³/mol. The molecule has 4 rings (SSSR count). The van der Waals surface area contributed by atoms with E-state index >= 15 is 0 Å². The molecule has 0 amide bonds. The molecule has 1 aromatic carbocycles. The van der Waals surface area contributed by atoms with Crippen LogP contribution in [0, 0.1) is 0 Å². The number of nitrogens with zero attached hydrogens (tertiary/aromatic N) is 2. The summed E-state index contributed by atoms with van der Waals surface area (Å²) in [7, 11) is 3.20. The molecule has 0 fully saturated rings. The highest BCUT2D eigenvalue weighted by molar-refractivity contribution is 7.13. The van der Waals surface area contributed by atoms with Crippen molar-refractivity contribution in [3.8, 4) is 22.2 Å². The van der Waals surface area contributed by atoms with Crippen molar-refractivity contribution in [2.75, 3.05) is 20.8 Å². The van der Waals surface area contributed by atoms with E-state index in [1.165, 1.54) is 0 Å². The first kappa shape index (κ1) is 19.0. The van der Waals surface area contributed by atoms with E-state index in [1.807, 2.05) is 23.6 Å². The quantitative estimate of drug-likeness (QED) is 0.685. The third-order valence-corrected chi connectivity index (χ3v) is 5.91. The van der Waals surface area contributed by atoms with E-state index in [2.05, 4.69) is 9.88 Å². The van der Waals surface area contributed by atoms with Gasteiger partial charge in [0.2, 0.25) is 0 Å². The van der Waals surface area contributed by atoms with E-state index in [-0.39, 0.29) is 5.56 Å². The normalized spacial score (nSPS) is 14.0. The summed E-state index contributed by atoms with van der Waals surface area (Å²) in [5, 5.41) is 2.56. The van der Waals surface area contributed by atoms with Gasteiger partial charge in [-0.3, -0.25) is 9.69 Å². The van der Waals surface area contributed by atoms with E-state index in [9.17, 15) is 4.79 Å². The number of H-pyrrole nitrogens is 1. The van der Waals surface area contributed by atoms with Crippen LogP contribution in [-0.2, 0) is 19.5 Å². The molecular formula is C20H20ClN3O3S. The molecule has 0 saturated carbocycles. The molecule has 3 aromatic rings. The highest BCUT2D eigenvalue weighted by Gasteiger charge is 2.23. The Labute approximate surface area is 171 Å². The van der Waals surface area contributed by atoms with Crippen LogP contribution in [0.1, 0.15) is 16.8 Å². The number of aromatic nitrogens is 2. The van der Waals surface area contributed by atoms with Crippen molar-refractivity contribution in [2.45, 2.75) is 19.5 Å². The molecule has 0 unspecified atom stereocenters. The molecule has 1 aliphatic heterocycles. The molecule has 8 heteroatoms. The number of aromatic amines is 1. The lowest BCUT2D eigenvalue weighted by atomic mass is 10.1. The molecule has 2 aromatic heterocycles. The number of hydrogen-bond acceptors (Lipinski definition) is 6. The van der Waals surface area contributed by atoms with E-state index in [0.717, 1.165) is 34.7 Å². The van der Waals surface area contributed by atoms with Crippen LogP contribution in [-0.4, -0.2) is 35.6 Å². The Kier molecular flexibility index (Phi) is 5.39. The molecule has 1 aliphatic rings. The first-order chi connectivity index (χ1) is 13.6. The van der Waals surface area contributed by atoms with Crippen LogP contribution in [0.5, 0.6) is 11.5 Å². The number of nitrogens with one attached hydrogen (secondary N) is 1. The third-order valence-electron chi connectivity index (χ3n) is 4.82. The summed E-state index contributed by atoms with van der Waals surface area (Å²) in [5.74, 6) is 1.91. The van der Waals surface area contributed by atoms with Gasteiger partial charge in [0.25, 0.3) is 5.56 Å². The molecular weight excluding hydrogens is 398 g/mol. The van der Waals surface area contributed by atoms with Crippen molar-refractivity contribution in [1.82, 2.24) is 14.9 Å². The molecule has 0 radical (unpaired) electrons. The third kappa shape index (κ3) is 3.65. The van der Waals surface area contributed by atoms with Gasteiger partial charge in [-0.25, -0.2) is 4.98 Å². The smallest absolute Gasteiger partial charge is 0.255 e. The Balaban J connectivity index is 1.60. The lowest BCUT2D eigenvalue weighted by Gasteiger charge is -2.28. The fourth-order valence-electron chi connectivity index (χ4n) is 3.51. The minimum atomic E-state index is -0.0752. The number of methoxy groups -OCH3 is 2. The van der Waals surface area contributed by atoms with Crippen molar-refractivity contribution >= 4 is 22.9 Å². The second-order valence-electron chi connectivity index (χ2n) is 6.58. The summed E-state index contributed by atoms with van der Waals surface area (Å²) in [6, 6.07) is 7.52. The first-order valence-corrected chi connectivity index (χ1v) is 10.1. The summed E-state index contributed by atoms with van der Waals surface area (Å²) in [6.07, 6.45) is 0.720. The van der Waals surface area contributed by atoms with Crippen LogP contribution in [0.4, 0.5) is 0 Å². The second-order valence-corrected chi connectivity index (χ2v) is 7.96. The Morgan fingerprint density at radius 2 is 2.18 bits per heavy atom. The number of hydrogen-bond donors (Lipinski definition) is 1. The Morgan fingerprint density at radius 3 is 2.89 bits per heavy atom. The minimum absolute atomic E-state index is 0.0752. The van der Waals surface area contributed by atoms with Gasteiger partial charge in [-0.05, 0) is 17.5 Å². The maximum Gasteiger partial charge on any atom is 0.255 e. The van der Waals surface area contributed by atoms with Crippen LogP contribution in [0.3, 0.4) is 0 Å². The van der Waals surface area contributed by atoms with E-state index < -0.39 is 0 Å². The van der Waals surface area contributed by atoms with Crippen LogP contribution in [0.2, 0.25) is 5.02 Å². The fourth-order valence-corrected chi connectivity index (χ4v) is 4.41. The maximum atomic E-state index is 12.7. The largest absolute Gasteiger partial charge is 0.493 e. The van der Waals surface area contributed by atoms with Gasteiger partial charge in [0.05, 0.1) is 30.4 Å². The summed E-state index contributed by atoms with van der Waals surface area (Å²) >= 11 is 7.80. The molecule has 0 aliphatic carbocycles. The van der Waals surface area contributed by atoms with Gasteiger partial charge >= 0.3 is 0 Å². The Morgan fingerprint density at radius 1 is 1.32 bits per heavy atom. The van der Waals surface area contributed by atoms with Gasteiger partial charge in [-0.15, -0.1) is 11.3 Å². The summed E-state index contributed by atoms with van der Waals surface area (Å²) in [5.41, 5.74) is 2.45. The molecule has 0 atom stereocenters. The fraction of sp³-hybridized carbons (Fsp3) is 0.300. The number of ether oxygens (including phenoxy) is 2. The van der Waals surface area contributed by atoms with E-state index in [0.29, 0.717) is 35.4 Å². The Bertz CT molecular complexity index is 1050. The zero-order valence-electron chi connectivity index (χ0n) is 15.6. The zero-order valence-corrected chi connectivity index (χ0v) is 17.2. The van der Waals surface area contributed by atoms with Gasteiger partial charge < -0.3 is 14.5 Å². The number of halogens is 1. The number of rotatable bonds is 5. The van der Waals surface area contributed by atoms with Crippen molar-refractivity contribution < 1.29 is 9.47 Å². The maximum absolute atomic E-state index is 12.7. The molecule has 6 nitrogen and oxygen atoms in total. The van der Waals surface area contributed by atoms with Crippen molar-refractivity contribution in [3.05, 3.63) is 61.8 Å². The summed E-state index contributed by atoms with van der Waals surface area (Å²) in [4.78, 5) is 23.5. The van der Waals surface area contributed by atoms with Crippen molar-refractivity contribution in [3.63, 3.8) is 0 Å². The number of thiophene rings is 1. The molecule has 1 N–H and O–H groups in total. The van der Waals surface area contributed by atoms with Crippen LogP contribution in [0.25, 0.3) is 10.7 Å². The summed E-state index contributed by atoms with van der Waals surface area (Å²) < 4.78 is 10.9. The average molecular weight is 418 g/mol. The van der Waals surface area contributed by atoms with E-state index in [1.54, 1.807) is 31.6 Å². The zero-order chi connectivity index (χ0) is 19.7. The molecule has 0 spiro atoms. The van der Waals surface area contributed by atoms with Gasteiger partial charge in [-0.1, -0.05) is 17.7 Å². The average Bonchev–Trinajstić information content (AvgIpc) is 3.22. The minimum Gasteiger partial charge on any atom is -0.493 e. The van der Waals surface area contributed by atoms with Gasteiger partial charge in [0, 0.05) is 42.7 Å². The standard InChI is InChI=1S/C20H20ClN3O3S/c1-26-16-9-13(21)8-12(18(16)27-2)10-24-6-5-15-14(11-24)20(25)23-19(22-15)17-4-3-7-28-17/h3-4,7-9H,5-6,10-11H2,1-2H3,(H,22,23,25). The first-order valence-electron chi connectivity index (χ1n) is 8.87. The molecule has 0 saturated heterocycles. The van der Waals surface area contributed by atoms with Crippen molar-refractivity contribution in [1.29, 1.82) is 0 Å². The second kappa shape index (κ2) is 7.95. The lowest BCUT2D eigenvalue weighted by molar-refractivity contribution is 0.237. The van der Waals surface area contributed by atoms with Gasteiger partial charge in [0.15, 0.2) is 17.3 Å². The SMILES string of the molecule is COc1cc(Cl)cc(CN2CCc3nc(-c4cccs4)[nH]c(=O)c3C2)c1OC. The molecule has 3 heterocycles. The van der Waals surface area contributed by atoms with Gasteiger partial charge in [-0.2, -0.15) is 0 Å². The molecule has 0 bridgehead atoms. The highest BCUT2D eigenvalue weighted by atomic mass is 35.5. The van der Waals surface area contributed by atoms with Crippen LogP contribution >= 0.6 is 22.9 Å². The van der Waals surface area contributed by atoms with Gasteiger partial charge in [0.1, 0.15) is 0 Å². The van der Waals surface area contributed by atoms with E-state index in [4.69, 9.17) is 26.1 Å². The number of fused-ring (bicyclic) bond motifs is 1. The predicted octanol–water partition coefficient (Wildman–Crippen LogP) is 3.73. The molecule has 146 valence electrons. The topological polar surface area (TPSA) is 67.5 Å². The lowest BCUT2D eigenvalue weighted by Crippen LogP contribution is -2.35. The van der Waals surface area contributed by atoms with Crippen molar-refractivity contribution in [2.24, 2.45) is 0 Å². The highest BCUT2D eigenvalue weighted by Crippen LogP contribution is 2.35. The number of benzene rings is 1. The van der Waals surface area contributed by atoms with Crippen LogP contribution in [0.15, 0.2) is 34.4 Å². The molecule has 28 heavy (non-hydrogen) atoms. The Hall–Kier alpha value is -2.35. The monoisotopic (exact) mass is 417 g/mol. The summed E-state index contributed by atoms with van der Waals surface area (Å²) in [6.45, 7) is 1.93. The van der Waals surface area contributed by atoms with Crippen LogP contribution < -0.4 is 15.0 Å².